The summed E-state index contributed by atoms with van der Waals surface area (Å²) in [7, 11) is 1.59. The summed E-state index contributed by atoms with van der Waals surface area (Å²) in [5, 5.41) is 0.470. The molecule has 0 radical (unpaired) electrons. The maximum Gasteiger partial charge on any atom is 0.238 e. The summed E-state index contributed by atoms with van der Waals surface area (Å²) >= 11 is 7.66. The molecule has 2 aromatic rings. The number of carbonyl (C=O) groups excluding carboxylic acids is 1. The summed E-state index contributed by atoms with van der Waals surface area (Å²) in [6, 6.07) is 11.1. The number of methoxy groups -OCH3 is 1. The molecule has 1 N–H and O–H groups in total. The third-order valence-corrected chi connectivity index (χ3v) is 4.70. The third-order valence-electron chi connectivity index (χ3n) is 3.27. The molecular formula is C15H14ClN2O2S+. The molecule has 2 heterocycles. The number of hydrogen-bond acceptors (Lipinski definition) is 3. The zero-order chi connectivity index (χ0) is 14.8. The molecule has 4 nitrogen and oxygen atoms in total. The highest BCUT2D eigenvalue weighted by atomic mass is 35.5. The molecule has 0 bridgehead atoms. The Morgan fingerprint density at radius 3 is 2.95 bits per heavy atom. The number of H-pyrrole nitrogens is 1. The molecule has 1 amide bonds. The second-order valence-corrected chi connectivity index (χ2v) is 6.07. The van der Waals surface area contributed by atoms with E-state index in [0.717, 1.165) is 5.69 Å². The summed E-state index contributed by atoms with van der Waals surface area (Å²) in [6.07, 6.45) is 1.85. The van der Waals surface area contributed by atoms with Crippen molar-refractivity contribution in [2.75, 3.05) is 17.8 Å². The first kappa shape index (κ1) is 14.2. The number of aromatic nitrogens is 1. The number of carbonyl (C=O) groups is 1. The van der Waals surface area contributed by atoms with Gasteiger partial charge in [-0.1, -0.05) is 11.6 Å². The van der Waals surface area contributed by atoms with Gasteiger partial charge in [0.05, 0.1) is 18.6 Å². The van der Waals surface area contributed by atoms with Crippen LogP contribution in [0.5, 0.6) is 5.75 Å². The van der Waals surface area contributed by atoms with Crippen molar-refractivity contribution in [2.45, 2.75) is 5.37 Å². The number of ether oxygens (including phenoxy) is 1. The third kappa shape index (κ3) is 2.71. The van der Waals surface area contributed by atoms with Crippen molar-refractivity contribution in [3.63, 3.8) is 0 Å². The summed E-state index contributed by atoms with van der Waals surface area (Å²) in [6.45, 7) is 0. The van der Waals surface area contributed by atoms with Crippen LogP contribution in [-0.4, -0.2) is 18.8 Å². The molecule has 0 spiro atoms. The van der Waals surface area contributed by atoms with Gasteiger partial charge in [0.2, 0.25) is 11.6 Å². The summed E-state index contributed by atoms with van der Waals surface area (Å²) in [5.41, 5.74) is 1.66. The van der Waals surface area contributed by atoms with E-state index in [-0.39, 0.29) is 11.3 Å². The standard InChI is InChI=1S/C15H13ClN2O2S/c1-20-13-6-5-10(16)8-12(13)18-14(19)9-21-15(18)11-4-2-3-7-17-11/h2-8,15H,9H2,1H3/p+1. The van der Waals surface area contributed by atoms with Crippen LogP contribution >= 0.6 is 23.4 Å². The van der Waals surface area contributed by atoms with E-state index < -0.39 is 0 Å². The van der Waals surface area contributed by atoms with Crippen LogP contribution in [0.25, 0.3) is 0 Å². The molecule has 1 aromatic carbocycles. The topological polar surface area (TPSA) is 43.7 Å². The Bertz CT molecular complexity index is 666. The second-order valence-electron chi connectivity index (χ2n) is 4.56. The molecule has 0 aliphatic carbocycles. The van der Waals surface area contributed by atoms with E-state index >= 15 is 0 Å². The number of pyridine rings is 1. The molecule has 1 aliphatic rings. The first-order chi connectivity index (χ1) is 10.2. The lowest BCUT2D eigenvalue weighted by Gasteiger charge is -2.23. The van der Waals surface area contributed by atoms with Gasteiger partial charge in [-0.3, -0.25) is 9.69 Å². The Kier molecular flexibility index (Phi) is 4.03. The predicted octanol–water partition coefficient (Wildman–Crippen LogP) is 2.94. The maximum atomic E-state index is 12.3. The Morgan fingerprint density at radius 2 is 2.24 bits per heavy atom. The first-order valence-corrected chi connectivity index (χ1v) is 7.87. The van der Waals surface area contributed by atoms with Gasteiger partial charge in [-0.15, -0.1) is 11.8 Å². The number of hydrogen-bond donors (Lipinski definition) is 0. The van der Waals surface area contributed by atoms with Crippen molar-refractivity contribution >= 4 is 35.0 Å². The number of thioether (sulfide) groups is 1. The molecule has 3 rings (SSSR count). The number of nitrogens with one attached hydrogen (secondary N) is 1. The summed E-state index contributed by atoms with van der Waals surface area (Å²) < 4.78 is 5.37. The average molecular weight is 322 g/mol. The van der Waals surface area contributed by atoms with Gasteiger partial charge in [-0.2, -0.15) is 0 Å². The number of rotatable bonds is 3. The van der Waals surface area contributed by atoms with Crippen LogP contribution in [-0.2, 0) is 4.79 Å². The van der Waals surface area contributed by atoms with E-state index in [1.165, 1.54) is 0 Å². The van der Waals surface area contributed by atoms with Gasteiger partial charge in [-0.25, -0.2) is 4.98 Å². The number of benzene rings is 1. The summed E-state index contributed by atoms with van der Waals surface area (Å²) in [5.74, 6) is 1.11. The minimum absolute atomic E-state index is 0.0443. The molecule has 0 saturated carbocycles. The van der Waals surface area contributed by atoms with Gasteiger partial charge in [0.1, 0.15) is 5.75 Å². The molecule has 1 aromatic heterocycles. The fraction of sp³-hybridized carbons (Fsp3) is 0.200. The first-order valence-electron chi connectivity index (χ1n) is 6.44. The smallest absolute Gasteiger partial charge is 0.238 e. The number of halogens is 1. The van der Waals surface area contributed by atoms with Crippen LogP contribution in [0.1, 0.15) is 11.1 Å². The SMILES string of the molecule is COc1ccc(Cl)cc1N1C(=O)CSC1c1cccc[nH+]1. The van der Waals surface area contributed by atoms with Crippen LogP contribution in [0.2, 0.25) is 5.02 Å². The lowest BCUT2D eigenvalue weighted by Crippen LogP contribution is -2.31. The minimum Gasteiger partial charge on any atom is -0.495 e. The van der Waals surface area contributed by atoms with Gasteiger partial charge in [0, 0.05) is 17.2 Å². The molecule has 1 fully saturated rings. The highest BCUT2D eigenvalue weighted by Crippen LogP contribution is 2.44. The number of aromatic amines is 1. The molecule has 1 atom stereocenters. The highest BCUT2D eigenvalue weighted by molar-refractivity contribution is 8.00. The Morgan fingerprint density at radius 1 is 1.38 bits per heavy atom. The molecular weight excluding hydrogens is 308 g/mol. The van der Waals surface area contributed by atoms with Gasteiger partial charge in [0.15, 0.2) is 11.6 Å². The molecule has 1 unspecified atom stereocenters. The van der Waals surface area contributed by atoms with Gasteiger partial charge in [0.25, 0.3) is 0 Å². The van der Waals surface area contributed by atoms with Gasteiger partial charge >= 0.3 is 0 Å². The number of amides is 1. The summed E-state index contributed by atoms with van der Waals surface area (Å²) in [4.78, 5) is 17.3. The van der Waals surface area contributed by atoms with E-state index in [4.69, 9.17) is 16.3 Å². The van der Waals surface area contributed by atoms with E-state index in [1.54, 1.807) is 42.0 Å². The maximum absolute atomic E-state index is 12.3. The fourth-order valence-corrected chi connectivity index (χ4v) is 3.64. The van der Waals surface area contributed by atoms with Crippen LogP contribution in [0.3, 0.4) is 0 Å². The van der Waals surface area contributed by atoms with Crippen LogP contribution in [0.4, 0.5) is 5.69 Å². The van der Waals surface area contributed by atoms with Crippen LogP contribution in [0.15, 0.2) is 42.6 Å². The number of nitrogens with zero attached hydrogens (tertiary/aromatic N) is 1. The lowest BCUT2D eigenvalue weighted by molar-refractivity contribution is -0.390. The number of anilines is 1. The van der Waals surface area contributed by atoms with Crippen LogP contribution in [0, 0.1) is 0 Å². The monoisotopic (exact) mass is 321 g/mol. The van der Waals surface area contributed by atoms with Gasteiger partial charge < -0.3 is 4.74 Å². The van der Waals surface area contributed by atoms with Crippen molar-refractivity contribution in [1.29, 1.82) is 0 Å². The van der Waals surface area contributed by atoms with Crippen molar-refractivity contribution < 1.29 is 14.5 Å². The Labute approximate surface area is 132 Å². The minimum atomic E-state index is -0.105. The molecule has 1 aliphatic heterocycles. The second kappa shape index (κ2) is 5.95. The largest absolute Gasteiger partial charge is 0.495 e. The van der Waals surface area contributed by atoms with Gasteiger partial charge in [-0.05, 0) is 24.3 Å². The predicted molar refractivity (Wildman–Crippen MR) is 83.7 cm³/mol. The van der Waals surface area contributed by atoms with E-state index in [2.05, 4.69) is 4.98 Å². The van der Waals surface area contributed by atoms with Crippen molar-refractivity contribution in [3.05, 3.63) is 53.3 Å². The lowest BCUT2D eigenvalue weighted by atomic mass is 10.2. The zero-order valence-electron chi connectivity index (χ0n) is 11.4. The van der Waals surface area contributed by atoms with E-state index in [9.17, 15) is 4.79 Å². The Hall–Kier alpha value is -1.72. The molecule has 1 saturated heterocycles. The quantitative estimate of drug-likeness (QED) is 0.873. The van der Waals surface area contributed by atoms with E-state index in [0.29, 0.717) is 22.2 Å². The molecule has 21 heavy (non-hydrogen) atoms. The molecule has 108 valence electrons. The van der Waals surface area contributed by atoms with Crippen molar-refractivity contribution in [1.82, 2.24) is 0 Å². The van der Waals surface area contributed by atoms with Crippen molar-refractivity contribution in [2.24, 2.45) is 0 Å². The fourth-order valence-electron chi connectivity index (χ4n) is 2.33. The van der Waals surface area contributed by atoms with Crippen molar-refractivity contribution in [3.8, 4) is 5.75 Å². The normalized spacial score (nSPS) is 18.1. The molecule has 6 heteroatoms. The Balaban J connectivity index is 2.06. The van der Waals surface area contributed by atoms with E-state index in [1.807, 2.05) is 24.4 Å². The van der Waals surface area contributed by atoms with Crippen LogP contribution < -0.4 is 14.6 Å². The highest BCUT2D eigenvalue weighted by Gasteiger charge is 2.38. The zero-order valence-corrected chi connectivity index (χ0v) is 12.9. The average Bonchev–Trinajstić information content (AvgIpc) is 2.89.